The first-order valence-electron chi connectivity index (χ1n) is 27.3. The second-order valence-electron chi connectivity index (χ2n) is 19.8. The minimum atomic E-state index is -1.69. The smallest absolute Gasteiger partial charge is 0.338 e. The molecule has 424 valence electrons. The highest BCUT2D eigenvalue weighted by molar-refractivity contribution is 5.91. The third kappa shape index (κ3) is 15.6. The van der Waals surface area contributed by atoms with Gasteiger partial charge in [-0.1, -0.05) is 181 Å². The average molecular weight is 1120 g/mol. The molecule has 2 aliphatic rings. The molecule has 0 unspecified atom stereocenters. The molecule has 2 fully saturated rings. The monoisotopic (exact) mass is 1120 g/mol. The molecule has 0 saturated carbocycles. The van der Waals surface area contributed by atoms with Crippen molar-refractivity contribution < 1.29 is 71.3 Å². The molecule has 0 bridgehead atoms. The van der Waals surface area contributed by atoms with Gasteiger partial charge in [0.05, 0.1) is 48.7 Å². The summed E-state index contributed by atoms with van der Waals surface area (Å²) in [5.74, 6) is -2.80. The topological polar surface area (TPSA) is 170 Å². The number of carbonyl (C=O) groups excluding carboxylic acids is 4. The summed E-state index contributed by atoms with van der Waals surface area (Å²) in [6.45, 7) is 1.41. The van der Waals surface area contributed by atoms with Crippen LogP contribution in [-0.4, -0.2) is 98.5 Å². The van der Waals surface area contributed by atoms with Gasteiger partial charge in [0.1, 0.15) is 42.9 Å². The largest absolute Gasteiger partial charge is 0.462 e. The van der Waals surface area contributed by atoms with E-state index in [1.165, 1.54) is 0 Å². The lowest BCUT2D eigenvalue weighted by molar-refractivity contribution is -0.332. The van der Waals surface area contributed by atoms with Crippen LogP contribution in [-0.2, 0) is 67.2 Å². The van der Waals surface area contributed by atoms with Crippen molar-refractivity contribution in [3.63, 3.8) is 0 Å². The molecule has 0 radical (unpaired) electrons. The van der Waals surface area contributed by atoms with Crippen LogP contribution in [0.5, 0.6) is 5.75 Å². The van der Waals surface area contributed by atoms with Gasteiger partial charge in [-0.2, -0.15) is 0 Å². The SMILES string of the molecule is Cc1ccc(O[C@H]2O[C@H](CO[C@@H]3O[C@H](COC(=O)c4ccccc4)[C@@H](OC(=O)c4ccccc4)[C@H](OC(=O)c4ccccc4)[C@H]3OC(=O)c3ccccc3)[C@@H](OCc3ccccc3)[C@H](OCc3ccccc3)[C@H]2OCc2ccccc2)cc1. The molecule has 8 aromatic rings. The van der Waals surface area contributed by atoms with E-state index in [-0.39, 0.29) is 42.1 Å². The first kappa shape index (κ1) is 57.4. The van der Waals surface area contributed by atoms with E-state index < -0.39 is 98.5 Å². The van der Waals surface area contributed by atoms with E-state index in [9.17, 15) is 19.2 Å². The van der Waals surface area contributed by atoms with Gasteiger partial charge in [0.2, 0.25) is 6.29 Å². The van der Waals surface area contributed by atoms with Crippen LogP contribution in [0.3, 0.4) is 0 Å². The molecule has 15 heteroatoms. The predicted molar refractivity (Wildman–Crippen MR) is 304 cm³/mol. The Bertz CT molecular complexity index is 3290. The van der Waals surface area contributed by atoms with Crippen molar-refractivity contribution in [2.24, 2.45) is 0 Å². The zero-order valence-electron chi connectivity index (χ0n) is 45.4. The van der Waals surface area contributed by atoms with E-state index in [1.807, 2.05) is 122 Å². The van der Waals surface area contributed by atoms with Crippen molar-refractivity contribution in [2.45, 2.75) is 88.2 Å². The molecule has 83 heavy (non-hydrogen) atoms. The van der Waals surface area contributed by atoms with Crippen LogP contribution in [0.2, 0.25) is 0 Å². The van der Waals surface area contributed by atoms with E-state index in [1.54, 1.807) is 121 Å². The van der Waals surface area contributed by atoms with Crippen LogP contribution >= 0.6 is 0 Å². The zero-order chi connectivity index (χ0) is 57.2. The number of ether oxygens (including phenoxy) is 11. The molecule has 0 spiro atoms. The van der Waals surface area contributed by atoms with E-state index >= 15 is 0 Å². The van der Waals surface area contributed by atoms with Crippen LogP contribution < -0.4 is 4.74 Å². The Morgan fingerprint density at radius 2 is 0.699 bits per heavy atom. The van der Waals surface area contributed by atoms with E-state index in [0.717, 1.165) is 22.3 Å². The number of aryl methyl sites for hydroxylation is 1. The lowest BCUT2D eigenvalue weighted by atomic mass is 9.96. The third-order valence-corrected chi connectivity index (χ3v) is 13.9. The Labute approximate surface area is 481 Å². The Hall–Kier alpha value is -8.80. The summed E-state index contributed by atoms with van der Waals surface area (Å²) in [5, 5.41) is 0. The van der Waals surface area contributed by atoms with E-state index in [2.05, 4.69) is 0 Å². The molecule has 10 atom stereocenters. The second-order valence-corrected chi connectivity index (χ2v) is 19.8. The fraction of sp³-hybridized carbons (Fsp3) is 0.235. The fourth-order valence-electron chi connectivity index (χ4n) is 9.58. The van der Waals surface area contributed by atoms with Gasteiger partial charge in [0.25, 0.3) is 0 Å². The van der Waals surface area contributed by atoms with Crippen LogP contribution in [0.15, 0.2) is 237 Å². The molecule has 15 nitrogen and oxygen atoms in total. The number of carbonyl (C=O) groups is 4. The summed E-state index contributed by atoms with van der Waals surface area (Å²) < 4.78 is 73.2. The molecule has 0 aliphatic carbocycles. The number of esters is 4. The minimum Gasteiger partial charge on any atom is -0.462 e. The molecule has 0 amide bonds. The summed E-state index contributed by atoms with van der Waals surface area (Å²) in [5.41, 5.74) is 4.26. The van der Waals surface area contributed by atoms with Gasteiger partial charge in [-0.25, -0.2) is 19.2 Å². The van der Waals surface area contributed by atoms with Gasteiger partial charge >= 0.3 is 23.9 Å². The summed E-state index contributed by atoms with van der Waals surface area (Å²) in [6.07, 6.45) is -13.2. The number of hydrogen-bond acceptors (Lipinski definition) is 15. The highest BCUT2D eigenvalue weighted by atomic mass is 16.8. The molecule has 2 saturated heterocycles. The quantitative estimate of drug-likeness (QED) is 0.0437. The van der Waals surface area contributed by atoms with Gasteiger partial charge in [-0.15, -0.1) is 0 Å². The molecular formula is C68H62O15. The summed E-state index contributed by atoms with van der Waals surface area (Å²) in [6, 6.07) is 69.2. The normalized spacial score (nSPS) is 22.1. The van der Waals surface area contributed by atoms with Crippen LogP contribution in [0, 0.1) is 6.92 Å². The summed E-state index contributed by atoms with van der Waals surface area (Å²) >= 11 is 0. The lowest BCUT2D eigenvalue weighted by Gasteiger charge is -2.47. The van der Waals surface area contributed by atoms with Crippen molar-refractivity contribution in [2.75, 3.05) is 13.2 Å². The zero-order valence-corrected chi connectivity index (χ0v) is 45.4. The number of benzene rings is 8. The van der Waals surface area contributed by atoms with Crippen LogP contribution in [0.4, 0.5) is 0 Å². The first-order chi connectivity index (χ1) is 40.7. The van der Waals surface area contributed by atoms with Crippen molar-refractivity contribution in [1.29, 1.82) is 0 Å². The summed E-state index contributed by atoms with van der Waals surface area (Å²) in [4.78, 5) is 56.9. The molecule has 10 rings (SSSR count). The molecular weight excluding hydrogens is 1060 g/mol. The van der Waals surface area contributed by atoms with Crippen molar-refractivity contribution >= 4 is 23.9 Å². The average Bonchev–Trinajstić information content (AvgIpc) is 3.61. The molecule has 0 aromatic heterocycles. The van der Waals surface area contributed by atoms with Gasteiger partial charge in [-0.05, 0) is 84.3 Å². The predicted octanol–water partition coefficient (Wildman–Crippen LogP) is 11.1. The maximum Gasteiger partial charge on any atom is 0.338 e. The highest BCUT2D eigenvalue weighted by Gasteiger charge is 2.55. The molecule has 0 N–H and O–H groups in total. The maximum atomic E-state index is 14.5. The fourth-order valence-corrected chi connectivity index (χ4v) is 9.58. The summed E-state index contributed by atoms with van der Waals surface area (Å²) in [7, 11) is 0. The first-order valence-corrected chi connectivity index (χ1v) is 27.3. The Morgan fingerprint density at radius 1 is 0.337 bits per heavy atom. The number of hydrogen-bond donors (Lipinski definition) is 0. The van der Waals surface area contributed by atoms with Gasteiger partial charge in [0.15, 0.2) is 24.6 Å². The maximum absolute atomic E-state index is 14.5. The second kappa shape index (κ2) is 28.8. The van der Waals surface area contributed by atoms with Gasteiger partial charge < -0.3 is 52.1 Å². The lowest BCUT2D eigenvalue weighted by Crippen LogP contribution is -2.65. The Kier molecular flexibility index (Phi) is 19.9. The molecule has 2 aliphatic heterocycles. The Morgan fingerprint density at radius 3 is 1.16 bits per heavy atom. The Balaban J connectivity index is 1.06. The third-order valence-electron chi connectivity index (χ3n) is 13.9. The van der Waals surface area contributed by atoms with Crippen molar-refractivity contribution in [3.05, 3.63) is 281 Å². The molecule has 2 heterocycles. The van der Waals surface area contributed by atoms with Crippen molar-refractivity contribution in [1.82, 2.24) is 0 Å². The van der Waals surface area contributed by atoms with Crippen molar-refractivity contribution in [3.8, 4) is 5.75 Å². The van der Waals surface area contributed by atoms with Crippen LogP contribution in [0.25, 0.3) is 0 Å². The van der Waals surface area contributed by atoms with Gasteiger partial charge in [-0.3, -0.25) is 0 Å². The van der Waals surface area contributed by atoms with Gasteiger partial charge in [0, 0.05) is 0 Å². The standard InChI is InChI=1S/C68H62O15/c1-46-37-39-54(40-38-46)78-68-61(75-43-49-27-13-4-14-28-49)59(74-42-48-25-11-3-12-26-48)57(73-41-47-23-9-2-10-24-47)55(80-68)45-77-67-62(83-66(72)53-35-21-8-22-36-53)60(82-65(71)52-33-19-7-20-34-52)58(81-64(70)51-31-17-6-18-32-51)56(79-67)44-76-63(69)50-29-15-5-16-30-50/h2-40,55-62,67-68H,41-45H2,1H3/t55-,56-,57-,58-,59+,60+,61-,62-,67-,68+/m1/s1. The highest BCUT2D eigenvalue weighted by Crippen LogP contribution is 2.36. The molecule has 8 aromatic carbocycles. The number of rotatable bonds is 23. The van der Waals surface area contributed by atoms with E-state index in [4.69, 9.17) is 52.1 Å². The minimum absolute atomic E-state index is 0.101. The van der Waals surface area contributed by atoms with Crippen LogP contribution in [0.1, 0.15) is 63.7 Å². The van der Waals surface area contributed by atoms with E-state index in [0.29, 0.717) is 5.75 Å².